The molecule has 0 saturated heterocycles. The van der Waals surface area contributed by atoms with E-state index in [0.717, 1.165) is 11.6 Å². The van der Waals surface area contributed by atoms with Crippen LogP contribution in [0.1, 0.15) is 21.7 Å². The lowest BCUT2D eigenvalue weighted by molar-refractivity contribution is 0.0696. The topological polar surface area (TPSA) is 166 Å². The van der Waals surface area contributed by atoms with E-state index < -0.39 is 5.97 Å². The van der Waals surface area contributed by atoms with Gasteiger partial charge in [0.15, 0.2) is 11.5 Å². The average molecular weight is 508 g/mol. The quantitative estimate of drug-likeness (QED) is 0.317. The van der Waals surface area contributed by atoms with Crippen LogP contribution in [0.25, 0.3) is 33.5 Å². The Hall–Kier alpha value is -5.52. The zero-order valence-corrected chi connectivity index (χ0v) is 20.0. The number of carboxylic acids is 1. The number of hydrogen-bond donors (Lipinski definition) is 3. The molecule has 6 rings (SSSR count). The maximum Gasteiger partial charge on any atom is 0.335 e. The van der Waals surface area contributed by atoms with Gasteiger partial charge in [0.05, 0.1) is 16.6 Å². The SMILES string of the molecule is Cc1ccn2nc(Cn3nc(-c4cc(O)cc(C(=O)O)c4)c4c(N)ncnc43)n(-c3ccccc3)c(=O)c12. The molecule has 4 N–H and O–H groups in total. The number of carbonyl (C=O) groups is 1. The summed E-state index contributed by atoms with van der Waals surface area (Å²) in [5.74, 6) is -0.950. The highest BCUT2D eigenvalue weighted by atomic mass is 16.4. The molecule has 0 radical (unpaired) electrons. The maximum absolute atomic E-state index is 13.6. The zero-order chi connectivity index (χ0) is 26.6. The average Bonchev–Trinajstić information content (AvgIpc) is 3.46. The van der Waals surface area contributed by atoms with Crippen LogP contribution in [-0.4, -0.2) is 50.1 Å². The molecule has 0 saturated carbocycles. The minimum absolute atomic E-state index is 0.0227. The Morgan fingerprint density at radius 2 is 1.84 bits per heavy atom. The number of aromatic hydroxyl groups is 1. The van der Waals surface area contributed by atoms with Gasteiger partial charge in [0.2, 0.25) is 0 Å². The fraction of sp³-hybridized carbons (Fsp3) is 0.0769. The van der Waals surface area contributed by atoms with Gasteiger partial charge in [0, 0.05) is 11.8 Å². The Kier molecular flexibility index (Phi) is 5.16. The van der Waals surface area contributed by atoms with Crippen molar-refractivity contribution in [2.24, 2.45) is 0 Å². The van der Waals surface area contributed by atoms with Crippen molar-refractivity contribution in [3.63, 3.8) is 0 Å². The van der Waals surface area contributed by atoms with Gasteiger partial charge < -0.3 is 15.9 Å². The molecule has 4 heterocycles. The van der Waals surface area contributed by atoms with Crippen LogP contribution in [0.5, 0.6) is 5.75 Å². The molecule has 0 spiro atoms. The van der Waals surface area contributed by atoms with Crippen LogP contribution in [0.15, 0.2) is 71.9 Å². The van der Waals surface area contributed by atoms with Crippen molar-refractivity contribution in [3.05, 3.63) is 94.4 Å². The van der Waals surface area contributed by atoms with Crippen LogP contribution in [0.2, 0.25) is 0 Å². The summed E-state index contributed by atoms with van der Waals surface area (Å²) in [6.07, 6.45) is 3.01. The summed E-state index contributed by atoms with van der Waals surface area (Å²) in [6.45, 7) is 1.87. The lowest BCUT2D eigenvalue weighted by Crippen LogP contribution is -2.28. The predicted octanol–water partition coefficient (Wildman–Crippen LogP) is 2.63. The highest BCUT2D eigenvalue weighted by molar-refractivity contribution is 5.99. The number of nitrogens with two attached hydrogens (primary N) is 1. The molecule has 0 aliphatic carbocycles. The normalized spacial score (nSPS) is 11.4. The maximum atomic E-state index is 13.6. The number of fused-ring (bicyclic) bond motifs is 2. The van der Waals surface area contributed by atoms with Crippen molar-refractivity contribution in [3.8, 4) is 22.7 Å². The number of phenols is 1. The van der Waals surface area contributed by atoms with Crippen molar-refractivity contribution in [1.29, 1.82) is 0 Å². The number of hydrogen-bond acceptors (Lipinski definition) is 8. The van der Waals surface area contributed by atoms with E-state index in [-0.39, 0.29) is 34.9 Å². The van der Waals surface area contributed by atoms with Crippen molar-refractivity contribution in [1.82, 2.24) is 33.9 Å². The van der Waals surface area contributed by atoms with E-state index in [2.05, 4.69) is 15.1 Å². The molecule has 0 fully saturated rings. The second kappa shape index (κ2) is 8.55. The monoisotopic (exact) mass is 508 g/mol. The van der Waals surface area contributed by atoms with Crippen LogP contribution < -0.4 is 11.3 Å². The van der Waals surface area contributed by atoms with Gasteiger partial charge in [0.1, 0.15) is 35.7 Å². The first-order valence-electron chi connectivity index (χ1n) is 11.5. The van der Waals surface area contributed by atoms with Crippen LogP contribution in [-0.2, 0) is 6.54 Å². The van der Waals surface area contributed by atoms with Gasteiger partial charge in [0.25, 0.3) is 5.56 Å². The molecular weight excluding hydrogens is 488 g/mol. The van der Waals surface area contributed by atoms with Crippen LogP contribution in [0.4, 0.5) is 5.82 Å². The number of nitrogen functional groups attached to an aromatic ring is 1. The minimum atomic E-state index is -1.21. The molecular formula is C26H20N8O4. The van der Waals surface area contributed by atoms with E-state index >= 15 is 0 Å². The fourth-order valence-electron chi connectivity index (χ4n) is 4.55. The summed E-state index contributed by atoms with van der Waals surface area (Å²) in [6, 6.07) is 14.9. The summed E-state index contributed by atoms with van der Waals surface area (Å²) >= 11 is 0. The Morgan fingerprint density at radius 3 is 2.61 bits per heavy atom. The van der Waals surface area contributed by atoms with Gasteiger partial charge in [-0.15, -0.1) is 0 Å². The third kappa shape index (κ3) is 3.63. The summed E-state index contributed by atoms with van der Waals surface area (Å²) < 4.78 is 4.59. The fourth-order valence-corrected chi connectivity index (χ4v) is 4.55. The second-order valence-electron chi connectivity index (χ2n) is 8.72. The summed E-state index contributed by atoms with van der Waals surface area (Å²) in [5, 5.41) is 29.4. The van der Waals surface area contributed by atoms with Crippen LogP contribution in [0, 0.1) is 6.92 Å². The van der Waals surface area contributed by atoms with E-state index in [4.69, 9.17) is 10.8 Å². The minimum Gasteiger partial charge on any atom is -0.508 e. The van der Waals surface area contributed by atoms with E-state index in [1.807, 2.05) is 43.3 Å². The number of carboxylic acid groups (broad SMARTS) is 1. The standard InChI is InChI=1S/C26H20N8O4/c1-14-7-8-32-22(14)25(36)34(17-5-3-2-4-6-17)19(30-32)12-33-24-20(23(27)28-13-29-24)21(31-33)15-9-16(26(37)38)11-18(35)10-15/h2-11,13,35H,12H2,1H3,(H,37,38)(H2,27,28,29). The van der Waals surface area contributed by atoms with E-state index in [1.54, 1.807) is 6.20 Å². The molecule has 0 atom stereocenters. The van der Waals surface area contributed by atoms with Gasteiger partial charge >= 0.3 is 5.97 Å². The zero-order valence-electron chi connectivity index (χ0n) is 20.0. The first-order valence-corrected chi connectivity index (χ1v) is 11.5. The van der Waals surface area contributed by atoms with Gasteiger partial charge in [-0.25, -0.2) is 24.0 Å². The first kappa shape index (κ1) is 22.9. The van der Waals surface area contributed by atoms with Gasteiger partial charge in [-0.3, -0.25) is 9.36 Å². The molecule has 38 heavy (non-hydrogen) atoms. The molecule has 4 aromatic heterocycles. The Balaban J connectivity index is 1.59. The molecule has 2 aromatic carbocycles. The molecule has 188 valence electrons. The van der Waals surface area contributed by atoms with Gasteiger partial charge in [-0.2, -0.15) is 10.2 Å². The Labute approximate surface area is 213 Å². The van der Waals surface area contributed by atoms with Gasteiger partial charge in [-0.1, -0.05) is 18.2 Å². The summed E-state index contributed by atoms with van der Waals surface area (Å²) in [7, 11) is 0. The first-order chi connectivity index (χ1) is 18.3. The lowest BCUT2D eigenvalue weighted by atomic mass is 10.1. The number of anilines is 1. The number of benzene rings is 2. The number of para-hydroxylation sites is 1. The van der Waals surface area contributed by atoms with Crippen molar-refractivity contribution < 1.29 is 15.0 Å². The van der Waals surface area contributed by atoms with E-state index in [0.29, 0.717) is 33.6 Å². The number of rotatable bonds is 5. The van der Waals surface area contributed by atoms with Crippen molar-refractivity contribution >= 4 is 28.3 Å². The van der Waals surface area contributed by atoms with Crippen molar-refractivity contribution in [2.75, 3.05) is 5.73 Å². The van der Waals surface area contributed by atoms with E-state index in [1.165, 1.54) is 32.2 Å². The molecule has 0 unspecified atom stereocenters. The molecule has 0 amide bonds. The number of aryl methyl sites for hydroxylation is 1. The molecule has 12 nitrogen and oxygen atoms in total. The number of aromatic nitrogens is 7. The van der Waals surface area contributed by atoms with E-state index in [9.17, 15) is 19.8 Å². The Bertz CT molecular complexity index is 1940. The van der Waals surface area contributed by atoms with Crippen LogP contribution in [0.3, 0.4) is 0 Å². The summed E-state index contributed by atoms with van der Waals surface area (Å²) in [4.78, 5) is 33.7. The summed E-state index contributed by atoms with van der Waals surface area (Å²) in [5.41, 5.74) is 8.67. The second-order valence-corrected chi connectivity index (χ2v) is 8.72. The lowest BCUT2D eigenvalue weighted by Gasteiger charge is -2.13. The third-order valence-corrected chi connectivity index (χ3v) is 6.26. The number of aromatic carboxylic acids is 1. The molecule has 0 aliphatic heterocycles. The molecule has 6 aromatic rings. The largest absolute Gasteiger partial charge is 0.508 e. The molecule has 0 aliphatic rings. The third-order valence-electron chi connectivity index (χ3n) is 6.26. The highest BCUT2D eigenvalue weighted by Gasteiger charge is 2.22. The Morgan fingerprint density at radius 1 is 1.05 bits per heavy atom. The number of nitrogens with zero attached hydrogens (tertiary/aromatic N) is 7. The highest BCUT2D eigenvalue weighted by Crippen LogP contribution is 2.33. The smallest absolute Gasteiger partial charge is 0.335 e. The predicted molar refractivity (Wildman–Crippen MR) is 138 cm³/mol. The number of phenolic OH excluding ortho intramolecular Hbond substituents is 1. The van der Waals surface area contributed by atoms with Crippen LogP contribution >= 0.6 is 0 Å². The molecule has 0 bridgehead atoms. The molecule has 12 heteroatoms. The van der Waals surface area contributed by atoms with Gasteiger partial charge in [-0.05, 0) is 48.9 Å². The van der Waals surface area contributed by atoms with Crippen molar-refractivity contribution in [2.45, 2.75) is 13.5 Å².